The molecule has 4 aromatic rings. The Morgan fingerprint density at radius 1 is 0.625 bits per heavy atom. The van der Waals surface area contributed by atoms with E-state index in [2.05, 4.69) is 79.7 Å². The van der Waals surface area contributed by atoms with Crippen molar-refractivity contribution in [2.75, 3.05) is 0 Å². The molecule has 2 heterocycles. The molecular formula is C34H36O4PS. The molecule has 40 heavy (non-hydrogen) atoms. The molecule has 0 aliphatic carbocycles. The fourth-order valence-corrected chi connectivity index (χ4v) is 9.71. The Hall–Kier alpha value is -2.98. The van der Waals surface area contributed by atoms with E-state index in [1.54, 1.807) is 11.8 Å². The molecule has 0 N–H and O–H groups in total. The molecule has 2 aliphatic heterocycles. The van der Waals surface area contributed by atoms with Crippen LogP contribution in [0, 0.1) is 13.8 Å². The zero-order chi connectivity index (χ0) is 28.7. The Balaban J connectivity index is 1.77. The Kier molecular flexibility index (Phi) is 5.96. The Labute approximate surface area is 242 Å². The number of aryl methyl sites for hydroxylation is 2. The minimum atomic E-state index is -5.37. The molecule has 0 unspecified atom stereocenters. The molecule has 0 bridgehead atoms. The topological polar surface area (TPSA) is 47.6 Å². The summed E-state index contributed by atoms with van der Waals surface area (Å²) in [7, 11) is -5.37. The summed E-state index contributed by atoms with van der Waals surface area (Å²) >= 11 is 1.59. The predicted molar refractivity (Wildman–Crippen MR) is 165 cm³/mol. The van der Waals surface area contributed by atoms with E-state index in [1.807, 2.05) is 48.5 Å². The molecule has 1 radical (unpaired) electrons. The number of fused-ring (bicyclic) bond motifs is 6. The van der Waals surface area contributed by atoms with Gasteiger partial charge in [0.1, 0.15) is 0 Å². The Morgan fingerprint density at radius 2 is 1.10 bits per heavy atom. The third-order valence-electron chi connectivity index (χ3n) is 7.46. The van der Waals surface area contributed by atoms with Crippen LogP contribution in [0.1, 0.15) is 63.8 Å². The van der Waals surface area contributed by atoms with Gasteiger partial charge >= 0.3 is 242 Å². The SMILES string of the molecule is Cc1cc2c(c(C(C)(C)C)c1)OP1([O])(Oc3ccccc3-c3ccccc31)Oc1c(cc(C)cc1C(C)(C)C)S2. The first-order chi connectivity index (χ1) is 18.7. The van der Waals surface area contributed by atoms with Crippen molar-refractivity contribution in [1.82, 2.24) is 0 Å². The van der Waals surface area contributed by atoms with Crippen molar-refractivity contribution >= 4 is 24.6 Å². The molecule has 4 nitrogen and oxygen atoms in total. The van der Waals surface area contributed by atoms with Crippen LogP contribution in [0.2, 0.25) is 0 Å². The van der Waals surface area contributed by atoms with Crippen LogP contribution in [0.4, 0.5) is 0 Å². The molecule has 6 heteroatoms. The third-order valence-corrected chi connectivity index (χ3v) is 11.2. The van der Waals surface area contributed by atoms with Gasteiger partial charge in [0.2, 0.25) is 0 Å². The van der Waals surface area contributed by atoms with Crippen LogP contribution in [0.3, 0.4) is 0 Å². The van der Waals surface area contributed by atoms with Gasteiger partial charge in [0.15, 0.2) is 0 Å². The first kappa shape index (κ1) is 27.2. The Morgan fingerprint density at radius 3 is 1.62 bits per heavy atom. The van der Waals surface area contributed by atoms with E-state index in [4.69, 9.17) is 13.6 Å². The monoisotopic (exact) mass is 571 g/mol. The molecule has 207 valence electrons. The van der Waals surface area contributed by atoms with Crippen molar-refractivity contribution in [3.8, 4) is 28.4 Å². The van der Waals surface area contributed by atoms with Gasteiger partial charge in [-0.25, -0.2) is 0 Å². The summed E-state index contributed by atoms with van der Waals surface area (Å²) in [6.07, 6.45) is 0. The van der Waals surface area contributed by atoms with Crippen LogP contribution in [0.25, 0.3) is 11.1 Å². The van der Waals surface area contributed by atoms with Gasteiger partial charge in [0.05, 0.1) is 0 Å². The van der Waals surface area contributed by atoms with Crippen molar-refractivity contribution in [2.45, 2.75) is 76.0 Å². The number of rotatable bonds is 0. The fraction of sp³-hybridized carbons (Fsp3) is 0.294. The second-order valence-electron chi connectivity index (χ2n) is 13.0. The van der Waals surface area contributed by atoms with Crippen LogP contribution in [0.5, 0.6) is 17.2 Å². The van der Waals surface area contributed by atoms with Crippen LogP contribution >= 0.6 is 19.3 Å². The maximum absolute atomic E-state index is 16.2. The summed E-state index contributed by atoms with van der Waals surface area (Å²) in [5.74, 6) is 1.54. The van der Waals surface area contributed by atoms with Crippen molar-refractivity contribution in [3.63, 3.8) is 0 Å². The van der Waals surface area contributed by atoms with Gasteiger partial charge in [-0.2, -0.15) is 0 Å². The van der Waals surface area contributed by atoms with E-state index in [9.17, 15) is 0 Å². The molecule has 0 aromatic heterocycles. The Bertz CT molecular complexity index is 1610. The molecule has 4 aromatic carbocycles. The molecule has 0 atom stereocenters. The van der Waals surface area contributed by atoms with Gasteiger partial charge in [-0.3, -0.25) is 0 Å². The normalized spacial score (nSPS) is 17.7. The summed E-state index contributed by atoms with van der Waals surface area (Å²) < 4.78 is 20.5. The van der Waals surface area contributed by atoms with Crippen LogP contribution in [-0.2, 0) is 15.7 Å². The van der Waals surface area contributed by atoms with Crippen molar-refractivity contribution in [2.24, 2.45) is 0 Å². The van der Waals surface area contributed by atoms with E-state index in [-0.39, 0.29) is 10.8 Å². The summed E-state index contributed by atoms with van der Waals surface area (Å²) in [6.45, 7) is 17.0. The van der Waals surface area contributed by atoms with E-state index in [0.29, 0.717) is 22.6 Å². The van der Waals surface area contributed by atoms with E-state index in [0.717, 1.165) is 43.2 Å². The van der Waals surface area contributed by atoms with E-state index in [1.165, 1.54) is 0 Å². The second kappa shape index (κ2) is 8.76. The summed E-state index contributed by atoms with van der Waals surface area (Å²) in [5.41, 5.74) is 5.16. The fourth-order valence-electron chi connectivity index (χ4n) is 5.53. The van der Waals surface area contributed by atoms with Gasteiger partial charge < -0.3 is 0 Å². The molecule has 0 saturated carbocycles. The zero-order valence-corrected chi connectivity index (χ0v) is 26.1. The van der Waals surface area contributed by atoms with Crippen LogP contribution < -0.4 is 18.9 Å². The summed E-state index contributed by atoms with van der Waals surface area (Å²) in [6, 6.07) is 23.7. The van der Waals surface area contributed by atoms with Crippen LogP contribution in [-0.4, -0.2) is 0 Å². The summed E-state index contributed by atoms with van der Waals surface area (Å²) in [5, 5.41) is 0.414. The average molecular weight is 572 g/mol. The van der Waals surface area contributed by atoms with Crippen molar-refractivity contribution in [3.05, 3.63) is 95.1 Å². The first-order valence-electron chi connectivity index (χ1n) is 13.7. The van der Waals surface area contributed by atoms with Crippen molar-refractivity contribution in [1.29, 1.82) is 0 Å². The van der Waals surface area contributed by atoms with Gasteiger partial charge in [-0.05, 0) is 0 Å². The summed E-state index contributed by atoms with van der Waals surface area (Å²) in [4.78, 5) is 18.0. The van der Waals surface area contributed by atoms with Gasteiger partial charge in [0.25, 0.3) is 0 Å². The molecular weight excluding hydrogens is 535 g/mol. The van der Waals surface area contributed by atoms with E-state index >= 15 is 4.89 Å². The molecule has 6 rings (SSSR count). The van der Waals surface area contributed by atoms with Gasteiger partial charge in [-0.1, -0.05) is 0 Å². The molecule has 0 saturated heterocycles. The molecule has 0 amide bonds. The number of benzene rings is 4. The standard InChI is InChI=1S/C34H36O4PS/c1-21-17-25(33(3,4)5)31-29(19-21)40-30-20-22(2)18-26(34(6,7)8)32(30)38-39(35,37-31)28-16-12-10-14-24(28)23-13-9-11-15-27(23)36-39/h9-20H,1-8H3. The number of hydrogen-bond acceptors (Lipinski definition) is 4. The maximum atomic E-state index is 16.2. The molecule has 1 spiro atoms. The first-order valence-corrected chi connectivity index (χ1v) is 16.4. The second-order valence-corrected chi connectivity index (χ2v) is 16.7. The van der Waals surface area contributed by atoms with E-state index < -0.39 is 7.51 Å². The average Bonchev–Trinajstić information content (AvgIpc) is 2.85. The minimum absolute atomic E-state index is 0.293. The molecule has 2 aliphatic rings. The third kappa shape index (κ3) is 4.31. The quantitative estimate of drug-likeness (QED) is 0.197. The van der Waals surface area contributed by atoms with Gasteiger partial charge in [0, 0.05) is 0 Å². The predicted octanol–water partition coefficient (Wildman–Crippen LogP) is 9.85. The number of hydrogen-bond donors (Lipinski definition) is 0. The van der Waals surface area contributed by atoms with Crippen molar-refractivity contribution < 1.29 is 18.5 Å². The van der Waals surface area contributed by atoms with Crippen LogP contribution in [0.15, 0.2) is 82.6 Å². The zero-order valence-electron chi connectivity index (χ0n) is 24.4. The number of para-hydroxylation sites is 1. The van der Waals surface area contributed by atoms with Gasteiger partial charge in [-0.15, -0.1) is 0 Å². The molecule has 0 fully saturated rings.